The standard InChI is InChI=1S/C49H33N3O/c1-49(2)39-25-11-9-22-36(39)44-43(49)45(51-48(50-44)32-18-13-17-31(29-32)30-15-5-3-6-16-30)38-24-14-23-37-42-41(53-47(37)38)28-27-35-34-21-10-12-26-40(34)52(46(35)42)33-19-7-4-8-20-33/h3-29H,1-2H3. The highest BCUT2D eigenvalue weighted by molar-refractivity contribution is 6.25. The first-order chi connectivity index (χ1) is 26.1. The maximum Gasteiger partial charge on any atom is 0.160 e. The molecule has 250 valence electrons. The monoisotopic (exact) mass is 679 g/mol. The van der Waals surface area contributed by atoms with Gasteiger partial charge in [-0.1, -0.05) is 135 Å². The van der Waals surface area contributed by atoms with E-state index in [9.17, 15) is 0 Å². The van der Waals surface area contributed by atoms with E-state index in [1.54, 1.807) is 0 Å². The van der Waals surface area contributed by atoms with Crippen molar-refractivity contribution >= 4 is 43.7 Å². The predicted octanol–water partition coefficient (Wildman–Crippen LogP) is 12.8. The first-order valence-corrected chi connectivity index (χ1v) is 18.2. The van der Waals surface area contributed by atoms with Crippen molar-refractivity contribution in [1.82, 2.24) is 14.5 Å². The Balaban J connectivity index is 1.22. The zero-order valence-corrected chi connectivity index (χ0v) is 29.3. The van der Waals surface area contributed by atoms with Crippen molar-refractivity contribution in [3.63, 3.8) is 0 Å². The topological polar surface area (TPSA) is 43.9 Å². The van der Waals surface area contributed by atoms with Crippen molar-refractivity contribution in [1.29, 1.82) is 0 Å². The summed E-state index contributed by atoms with van der Waals surface area (Å²) in [7, 11) is 0. The van der Waals surface area contributed by atoms with Crippen LogP contribution in [0, 0.1) is 0 Å². The van der Waals surface area contributed by atoms with Crippen LogP contribution in [0.3, 0.4) is 0 Å². The summed E-state index contributed by atoms with van der Waals surface area (Å²) >= 11 is 0. The maximum atomic E-state index is 6.99. The number of hydrogen-bond donors (Lipinski definition) is 0. The molecule has 0 radical (unpaired) electrons. The highest BCUT2D eigenvalue weighted by atomic mass is 16.3. The van der Waals surface area contributed by atoms with E-state index >= 15 is 0 Å². The van der Waals surface area contributed by atoms with Crippen molar-refractivity contribution in [2.45, 2.75) is 19.3 Å². The van der Waals surface area contributed by atoms with E-state index in [1.807, 2.05) is 6.07 Å². The molecule has 53 heavy (non-hydrogen) atoms. The fourth-order valence-electron chi connectivity index (χ4n) is 8.78. The summed E-state index contributed by atoms with van der Waals surface area (Å²) in [5.74, 6) is 0.698. The van der Waals surface area contributed by atoms with E-state index in [4.69, 9.17) is 14.4 Å². The molecule has 0 aliphatic heterocycles. The Kier molecular flexibility index (Phi) is 6.27. The lowest BCUT2D eigenvalue weighted by Gasteiger charge is -2.23. The third-order valence-corrected chi connectivity index (χ3v) is 11.2. The van der Waals surface area contributed by atoms with Crippen LogP contribution in [0.4, 0.5) is 0 Å². The molecule has 0 atom stereocenters. The van der Waals surface area contributed by atoms with Gasteiger partial charge in [-0.3, -0.25) is 0 Å². The zero-order valence-electron chi connectivity index (χ0n) is 29.3. The van der Waals surface area contributed by atoms with Gasteiger partial charge in [-0.25, -0.2) is 9.97 Å². The van der Waals surface area contributed by atoms with E-state index < -0.39 is 0 Å². The summed E-state index contributed by atoms with van der Waals surface area (Å²) in [5, 5.41) is 4.58. The minimum absolute atomic E-state index is 0.327. The molecule has 0 N–H and O–H groups in total. The Morgan fingerprint density at radius 3 is 2.02 bits per heavy atom. The summed E-state index contributed by atoms with van der Waals surface area (Å²) < 4.78 is 9.37. The lowest BCUT2D eigenvalue weighted by molar-refractivity contribution is 0.655. The van der Waals surface area contributed by atoms with E-state index in [2.05, 4.69) is 176 Å². The van der Waals surface area contributed by atoms with Gasteiger partial charge in [0.25, 0.3) is 0 Å². The van der Waals surface area contributed by atoms with Gasteiger partial charge in [0.2, 0.25) is 0 Å². The molecule has 0 saturated carbocycles. The molecule has 1 aliphatic carbocycles. The quantitative estimate of drug-likeness (QED) is 0.186. The second-order valence-corrected chi connectivity index (χ2v) is 14.5. The molecule has 4 nitrogen and oxygen atoms in total. The smallest absolute Gasteiger partial charge is 0.160 e. The largest absolute Gasteiger partial charge is 0.455 e. The predicted molar refractivity (Wildman–Crippen MR) is 218 cm³/mol. The molecule has 3 heterocycles. The Labute approximate surface area is 306 Å². The van der Waals surface area contributed by atoms with Crippen molar-refractivity contribution in [2.75, 3.05) is 0 Å². The van der Waals surface area contributed by atoms with Gasteiger partial charge in [-0.05, 0) is 59.2 Å². The SMILES string of the molecule is CC1(C)c2ccccc2-c2nc(-c3cccc(-c4ccccc4)c3)nc(-c3cccc4c3oc3ccc5c6ccccc6n(-c6ccccc6)c5c34)c21. The van der Waals surface area contributed by atoms with Crippen LogP contribution in [0.5, 0.6) is 0 Å². The molecular formula is C49H33N3O. The third-order valence-electron chi connectivity index (χ3n) is 11.2. The normalized spacial score (nSPS) is 13.2. The average molecular weight is 680 g/mol. The molecule has 10 aromatic rings. The van der Waals surface area contributed by atoms with Crippen molar-refractivity contribution in [3.05, 3.63) is 175 Å². The number of furan rings is 1. The zero-order chi connectivity index (χ0) is 35.3. The highest BCUT2D eigenvalue weighted by Gasteiger charge is 2.40. The number of fused-ring (bicyclic) bond motifs is 10. The summed E-state index contributed by atoms with van der Waals surface area (Å²) in [6, 6.07) is 57.9. The van der Waals surface area contributed by atoms with E-state index in [1.165, 1.54) is 21.9 Å². The van der Waals surface area contributed by atoms with Crippen molar-refractivity contribution < 1.29 is 4.42 Å². The summed E-state index contributed by atoms with van der Waals surface area (Å²) in [6.45, 7) is 4.58. The second-order valence-electron chi connectivity index (χ2n) is 14.5. The van der Waals surface area contributed by atoms with Gasteiger partial charge in [0, 0.05) is 49.5 Å². The molecule has 7 aromatic carbocycles. The van der Waals surface area contributed by atoms with Crippen LogP contribution >= 0.6 is 0 Å². The van der Waals surface area contributed by atoms with Crippen LogP contribution in [0.15, 0.2) is 168 Å². The van der Waals surface area contributed by atoms with Crippen LogP contribution in [0.25, 0.3) is 94.5 Å². The van der Waals surface area contributed by atoms with Crippen LogP contribution in [0.2, 0.25) is 0 Å². The van der Waals surface area contributed by atoms with E-state index in [0.717, 1.165) is 77.9 Å². The number of para-hydroxylation sites is 3. The molecule has 0 amide bonds. The number of nitrogens with zero attached hydrogens (tertiary/aromatic N) is 3. The number of aromatic nitrogens is 3. The molecule has 0 saturated heterocycles. The van der Waals surface area contributed by atoms with Crippen LogP contribution in [-0.4, -0.2) is 14.5 Å². The van der Waals surface area contributed by atoms with E-state index in [0.29, 0.717) is 5.82 Å². The number of benzene rings is 7. The van der Waals surface area contributed by atoms with Crippen molar-refractivity contribution in [2.24, 2.45) is 0 Å². The Hall–Kier alpha value is -6.78. The minimum Gasteiger partial charge on any atom is -0.455 e. The average Bonchev–Trinajstić information content (AvgIpc) is 3.84. The second kappa shape index (κ2) is 11.1. The lowest BCUT2D eigenvalue weighted by Crippen LogP contribution is -2.17. The van der Waals surface area contributed by atoms with Gasteiger partial charge in [0.15, 0.2) is 5.82 Å². The van der Waals surface area contributed by atoms with Crippen LogP contribution < -0.4 is 0 Å². The molecule has 3 aromatic heterocycles. The summed E-state index contributed by atoms with van der Waals surface area (Å²) in [6.07, 6.45) is 0. The minimum atomic E-state index is -0.327. The molecule has 1 aliphatic rings. The lowest BCUT2D eigenvalue weighted by atomic mass is 9.80. The Morgan fingerprint density at radius 2 is 1.17 bits per heavy atom. The van der Waals surface area contributed by atoms with Crippen LogP contribution in [-0.2, 0) is 5.41 Å². The van der Waals surface area contributed by atoms with Crippen molar-refractivity contribution in [3.8, 4) is 50.7 Å². The molecule has 0 unspecified atom stereocenters. The molecular weight excluding hydrogens is 647 g/mol. The summed E-state index contributed by atoms with van der Waals surface area (Å²) in [5.41, 5.74) is 14.4. The molecule has 0 bridgehead atoms. The maximum absolute atomic E-state index is 6.99. The van der Waals surface area contributed by atoms with Gasteiger partial charge < -0.3 is 8.98 Å². The number of rotatable bonds is 4. The highest BCUT2D eigenvalue weighted by Crippen LogP contribution is 2.53. The fraction of sp³-hybridized carbons (Fsp3) is 0.0612. The molecule has 0 fully saturated rings. The van der Waals surface area contributed by atoms with Gasteiger partial charge in [-0.15, -0.1) is 0 Å². The fourth-order valence-corrected chi connectivity index (χ4v) is 8.78. The first-order valence-electron chi connectivity index (χ1n) is 18.2. The van der Waals surface area contributed by atoms with Gasteiger partial charge in [0.1, 0.15) is 11.2 Å². The van der Waals surface area contributed by atoms with Gasteiger partial charge in [-0.2, -0.15) is 0 Å². The Bertz CT molecular complexity index is 3080. The molecule has 0 spiro atoms. The molecule has 11 rings (SSSR count). The Morgan fingerprint density at radius 1 is 0.528 bits per heavy atom. The van der Waals surface area contributed by atoms with E-state index in [-0.39, 0.29) is 5.41 Å². The molecule has 4 heteroatoms. The van der Waals surface area contributed by atoms with Crippen LogP contribution in [0.1, 0.15) is 25.0 Å². The first kappa shape index (κ1) is 29.9. The number of hydrogen-bond acceptors (Lipinski definition) is 3. The summed E-state index contributed by atoms with van der Waals surface area (Å²) in [4.78, 5) is 10.9. The van der Waals surface area contributed by atoms with Gasteiger partial charge >= 0.3 is 0 Å². The van der Waals surface area contributed by atoms with Gasteiger partial charge in [0.05, 0.1) is 27.8 Å². The third kappa shape index (κ3) is 4.30.